The van der Waals surface area contributed by atoms with Gasteiger partial charge in [-0.3, -0.25) is 4.90 Å². The summed E-state index contributed by atoms with van der Waals surface area (Å²) in [6, 6.07) is 8.86. The Balaban J connectivity index is 1.76. The zero-order valence-electron chi connectivity index (χ0n) is 14.2. The summed E-state index contributed by atoms with van der Waals surface area (Å²) in [5.41, 5.74) is 0.880. The lowest BCUT2D eigenvalue weighted by atomic mass is 10.1. The van der Waals surface area contributed by atoms with Crippen LogP contribution in [-0.4, -0.2) is 55.4 Å². The van der Waals surface area contributed by atoms with Gasteiger partial charge in [-0.25, -0.2) is 4.79 Å². The highest BCUT2D eigenvalue weighted by Gasteiger charge is 2.14. The van der Waals surface area contributed by atoms with Crippen LogP contribution in [0.3, 0.4) is 0 Å². The van der Waals surface area contributed by atoms with Crippen LogP contribution in [0.15, 0.2) is 35.7 Å². The third-order valence-electron chi connectivity index (χ3n) is 4.06. The molecule has 0 radical (unpaired) electrons. The van der Waals surface area contributed by atoms with Crippen LogP contribution in [0.4, 0.5) is 0 Å². The molecule has 1 aliphatic rings. The van der Waals surface area contributed by atoms with Gasteiger partial charge in [0.15, 0.2) is 0 Å². The SMILES string of the molecule is O=C(O)/C(=C\c1cc(Cl)ccc1OCCN1CCOCC1)c1cccs1. The summed E-state index contributed by atoms with van der Waals surface area (Å²) in [7, 11) is 0. The maximum absolute atomic E-state index is 11.7. The Bertz CT molecular complexity index is 770. The zero-order valence-corrected chi connectivity index (χ0v) is 15.8. The number of nitrogens with zero attached hydrogens (tertiary/aromatic N) is 1. The van der Waals surface area contributed by atoms with Gasteiger partial charge in [-0.1, -0.05) is 17.7 Å². The number of aliphatic carboxylic acids is 1. The first-order valence-electron chi connectivity index (χ1n) is 8.35. The molecular weight excluding hydrogens is 374 g/mol. The molecule has 5 nitrogen and oxygen atoms in total. The van der Waals surface area contributed by atoms with E-state index in [0.717, 1.165) is 32.8 Å². The van der Waals surface area contributed by atoms with E-state index in [0.29, 0.717) is 27.8 Å². The van der Waals surface area contributed by atoms with Gasteiger partial charge >= 0.3 is 5.97 Å². The maximum Gasteiger partial charge on any atom is 0.337 e. The predicted octanol–water partition coefficient (Wildman–Crippen LogP) is 3.74. The lowest BCUT2D eigenvalue weighted by Crippen LogP contribution is -2.38. The number of hydrogen-bond donors (Lipinski definition) is 1. The van der Waals surface area contributed by atoms with Gasteiger partial charge in [-0.15, -0.1) is 11.3 Å². The van der Waals surface area contributed by atoms with Gasteiger partial charge in [0.25, 0.3) is 0 Å². The average molecular weight is 394 g/mol. The molecule has 2 heterocycles. The largest absolute Gasteiger partial charge is 0.492 e. The summed E-state index contributed by atoms with van der Waals surface area (Å²) in [4.78, 5) is 14.6. The van der Waals surface area contributed by atoms with Gasteiger partial charge in [-0.05, 0) is 35.7 Å². The van der Waals surface area contributed by atoms with E-state index in [-0.39, 0.29) is 5.57 Å². The van der Waals surface area contributed by atoms with Gasteiger partial charge in [0.05, 0.1) is 18.8 Å². The third-order valence-corrected chi connectivity index (χ3v) is 5.20. The number of carboxylic acids is 1. The molecule has 1 aliphatic heterocycles. The van der Waals surface area contributed by atoms with Crippen LogP contribution in [0.2, 0.25) is 5.02 Å². The number of ether oxygens (including phenoxy) is 2. The Morgan fingerprint density at radius 1 is 1.35 bits per heavy atom. The molecular formula is C19H20ClNO4S. The Morgan fingerprint density at radius 2 is 2.15 bits per heavy atom. The van der Waals surface area contributed by atoms with E-state index in [4.69, 9.17) is 21.1 Å². The minimum absolute atomic E-state index is 0.222. The second kappa shape index (κ2) is 9.19. The van der Waals surface area contributed by atoms with Crippen LogP contribution in [0.5, 0.6) is 5.75 Å². The standard InChI is InChI=1S/C19H20ClNO4S/c20-15-3-4-17(25-10-7-21-5-8-24-9-6-21)14(12-15)13-16(19(22)23)18-2-1-11-26-18/h1-4,11-13H,5-10H2,(H,22,23)/b16-13-. The van der Waals surface area contributed by atoms with Crippen LogP contribution in [0, 0.1) is 0 Å². The quantitative estimate of drug-likeness (QED) is 0.726. The van der Waals surface area contributed by atoms with Crippen molar-refractivity contribution in [3.8, 4) is 5.75 Å². The van der Waals surface area contributed by atoms with Crippen LogP contribution >= 0.6 is 22.9 Å². The summed E-state index contributed by atoms with van der Waals surface area (Å²) in [6.07, 6.45) is 1.62. The zero-order chi connectivity index (χ0) is 18.4. The highest BCUT2D eigenvalue weighted by Crippen LogP contribution is 2.29. The van der Waals surface area contributed by atoms with Gasteiger partial charge in [0, 0.05) is 35.1 Å². The molecule has 3 rings (SSSR count). The summed E-state index contributed by atoms with van der Waals surface area (Å²) < 4.78 is 11.3. The molecule has 2 aromatic rings. The lowest BCUT2D eigenvalue weighted by Gasteiger charge is -2.26. The first-order chi connectivity index (χ1) is 12.6. The van der Waals surface area contributed by atoms with Crippen molar-refractivity contribution in [2.45, 2.75) is 0 Å². The Hall–Kier alpha value is -1.86. The Kier molecular flexibility index (Phi) is 6.68. The fourth-order valence-electron chi connectivity index (χ4n) is 2.70. The molecule has 7 heteroatoms. The average Bonchev–Trinajstić information content (AvgIpc) is 3.16. The molecule has 1 N–H and O–H groups in total. The predicted molar refractivity (Wildman–Crippen MR) is 104 cm³/mol. The number of hydrogen-bond acceptors (Lipinski definition) is 5. The molecule has 0 saturated carbocycles. The van der Waals surface area contributed by atoms with Crippen molar-refractivity contribution in [1.29, 1.82) is 0 Å². The van der Waals surface area contributed by atoms with E-state index in [1.807, 2.05) is 11.4 Å². The molecule has 0 unspecified atom stereocenters. The molecule has 0 amide bonds. The van der Waals surface area contributed by atoms with E-state index in [1.165, 1.54) is 11.3 Å². The summed E-state index contributed by atoms with van der Waals surface area (Å²) in [5.74, 6) is -0.357. The van der Waals surface area contributed by atoms with Crippen molar-refractivity contribution in [1.82, 2.24) is 4.90 Å². The smallest absolute Gasteiger partial charge is 0.337 e. The van der Waals surface area contributed by atoms with E-state index in [1.54, 1.807) is 30.3 Å². The van der Waals surface area contributed by atoms with E-state index >= 15 is 0 Å². The topological polar surface area (TPSA) is 59.0 Å². The first-order valence-corrected chi connectivity index (χ1v) is 9.60. The van der Waals surface area contributed by atoms with E-state index in [2.05, 4.69) is 4.90 Å². The summed E-state index contributed by atoms with van der Waals surface area (Å²) >= 11 is 7.49. The van der Waals surface area contributed by atoms with Gasteiger partial charge < -0.3 is 14.6 Å². The minimum Gasteiger partial charge on any atom is -0.492 e. The summed E-state index contributed by atoms with van der Waals surface area (Å²) in [6.45, 7) is 4.61. The van der Waals surface area contributed by atoms with Crippen molar-refractivity contribution in [2.24, 2.45) is 0 Å². The second-order valence-corrected chi connectivity index (χ2v) is 7.21. The number of carboxylic acid groups (broad SMARTS) is 1. The first kappa shape index (κ1) is 18.9. The van der Waals surface area contributed by atoms with Crippen LogP contribution in [-0.2, 0) is 9.53 Å². The molecule has 1 aromatic carbocycles. The van der Waals surface area contributed by atoms with Crippen molar-refractivity contribution in [3.05, 3.63) is 51.2 Å². The molecule has 26 heavy (non-hydrogen) atoms. The number of morpholine rings is 1. The second-order valence-electron chi connectivity index (χ2n) is 5.83. The molecule has 138 valence electrons. The minimum atomic E-state index is -0.980. The molecule has 0 bridgehead atoms. The molecule has 1 aromatic heterocycles. The highest BCUT2D eigenvalue weighted by atomic mass is 35.5. The fraction of sp³-hybridized carbons (Fsp3) is 0.316. The van der Waals surface area contributed by atoms with Crippen LogP contribution < -0.4 is 4.74 Å². The molecule has 1 saturated heterocycles. The number of thiophene rings is 1. The van der Waals surface area contributed by atoms with Crippen LogP contribution in [0.25, 0.3) is 11.6 Å². The lowest BCUT2D eigenvalue weighted by molar-refractivity contribution is -0.130. The number of carbonyl (C=O) groups is 1. The maximum atomic E-state index is 11.7. The molecule has 0 spiro atoms. The monoisotopic (exact) mass is 393 g/mol. The van der Waals surface area contributed by atoms with Crippen molar-refractivity contribution in [2.75, 3.05) is 39.5 Å². The molecule has 1 fully saturated rings. The Morgan fingerprint density at radius 3 is 2.85 bits per heavy atom. The van der Waals surface area contributed by atoms with Crippen molar-refractivity contribution in [3.63, 3.8) is 0 Å². The third kappa shape index (κ3) is 5.08. The number of halogens is 1. The fourth-order valence-corrected chi connectivity index (χ4v) is 3.61. The van der Waals surface area contributed by atoms with Crippen LogP contribution in [0.1, 0.15) is 10.4 Å². The number of benzene rings is 1. The van der Waals surface area contributed by atoms with Gasteiger partial charge in [0.1, 0.15) is 12.4 Å². The van der Waals surface area contributed by atoms with Crippen molar-refractivity contribution >= 4 is 40.6 Å². The molecule has 0 aliphatic carbocycles. The highest BCUT2D eigenvalue weighted by molar-refractivity contribution is 7.11. The normalized spacial score (nSPS) is 15.8. The van der Waals surface area contributed by atoms with Crippen molar-refractivity contribution < 1.29 is 19.4 Å². The summed E-state index contributed by atoms with van der Waals surface area (Å²) in [5, 5.41) is 11.9. The number of rotatable bonds is 7. The Labute approximate surface area is 161 Å². The van der Waals surface area contributed by atoms with E-state index in [9.17, 15) is 9.90 Å². The molecule has 0 atom stereocenters. The van der Waals surface area contributed by atoms with Gasteiger partial charge in [0.2, 0.25) is 0 Å². The van der Waals surface area contributed by atoms with E-state index < -0.39 is 5.97 Å². The van der Waals surface area contributed by atoms with Gasteiger partial charge in [-0.2, -0.15) is 0 Å².